The molecule has 0 saturated carbocycles. The first kappa shape index (κ1) is 64.9. The van der Waals surface area contributed by atoms with Crippen molar-refractivity contribution in [3.63, 3.8) is 0 Å². The van der Waals surface area contributed by atoms with Crippen molar-refractivity contribution >= 4 is 5.91 Å². The molecule has 0 aliphatic carbocycles. The summed E-state index contributed by atoms with van der Waals surface area (Å²) in [6.07, 6.45) is 77.6. The molecule has 0 aliphatic rings. The van der Waals surface area contributed by atoms with E-state index in [1.165, 1.54) is 289 Å². The van der Waals surface area contributed by atoms with Crippen LogP contribution in [0.2, 0.25) is 0 Å². The molecule has 4 heteroatoms. The van der Waals surface area contributed by atoms with Crippen LogP contribution in [0.25, 0.3) is 0 Å². The third kappa shape index (κ3) is 53.8. The summed E-state index contributed by atoms with van der Waals surface area (Å²) in [4.78, 5) is 12.5. The van der Waals surface area contributed by atoms with Gasteiger partial charge in [-0.1, -0.05) is 321 Å². The maximum atomic E-state index is 12.5. The zero-order valence-electron chi connectivity index (χ0n) is 45.2. The van der Waals surface area contributed by atoms with Crippen LogP contribution in [0, 0.1) is 0 Å². The average Bonchev–Trinajstić information content (AvgIpc) is 3.32. The number of rotatable bonds is 57. The highest BCUT2D eigenvalue weighted by Crippen LogP contribution is 2.18. The molecule has 0 rings (SSSR count). The normalized spacial score (nSPS) is 12.8. The Morgan fingerprint density at radius 1 is 0.364 bits per heavy atom. The van der Waals surface area contributed by atoms with Gasteiger partial charge in [0.25, 0.3) is 0 Å². The van der Waals surface area contributed by atoms with Crippen LogP contribution in [-0.4, -0.2) is 34.9 Å². The summed E-state index contributed by atoms with van der Waals surface area (Å²) in [5.41, 5.74) is 0. The van der Waals surface area contributed by atoms with Crippen molar-refractivity contribution < 1.29 is 15.0 Å². The Morgan fingerprint density at radius 2 is 0.621 bits per heavy atom. The highest BCUT2D eigenvalue weighted by atomic mass is 16.3. The van der Waals surface area contributed by atoms with E-state index in [1.54, 1.807) is 0 Å². The fourth-order valence-electron chi connectivity index (χ4n) is 9.81. The van der Waals surface area contributed by atoms with Gasteiger partial charge in [0, 0.05) is 6.42 Å². The second-order valence-electron chi connectivity index (χ2n) is 21.1. The van der Waals surface area contributed by atoms with Crippen molar-refractivity contribution in [2.45, 2.75) is 360 Å². The number of hydrogen-bond donors (Lipinski definition) is 3. The van der Waals surface area contributed by atoms with Gasteiger partial charge in [-0.05, 0) is 44.9 Å². The van der Waals surface area contributed by atoms with E-state index >= 15 is 0 Å². The molecule has 0 aromatic carbocycles. The van der Waals surface area contributed by atoms with E-state index in [9.17, 15) is 15.0 Å². The lowest BCUT2D eigenvalue weighted by Crippen LogP contribution is -2.45. The fraction of sp³-hybridized carbons (Fsp3) is 0.919. The molecule has 392 valence electrons. The number of hydrogen-bond acceptors (Lipinski definition) is 3. The second kappa shape index (κ2) is 58.2. The SMILES string of the molecule is CCCCCCC/C=C\C/C=C\CCCCCCCCCCCCCCCCCCCCCCCC(=O)NC(CO)C(O)CCCCCCCCCCCCCCCCCCCCCCC. The van der Waals surface area contributed by atoms with Crippen LogP contribution in [0.15, 0.2) is 24.3 Å². The summed E-state index contributed by atoms with van der Waals surface area (Å²) in [7, 11) is 0. The van der Waals surface area contributed by atoms with Crippen LogP contribution >= 0.6 is 0 Å². The van der Waals surface area contributed by atoms with Gasteiger partial charge in [0.15, 0.2) is 0 Å². The maximum Gasteiger partial charge on any atom is 0.220 e. The minimum atomic E-state index is -0.657. The maximum absolute atomic E-state index is 12.5. The van der Waals surface area contributed by atoms with E-state index in [-0.39, 0.29) is 12.5 Å². The molecular weight excluding hydrogens is 807 g/mol. The molecule has 2 atom stereocenters. The Bertz CT molecular complexity index is 963. The lowest BCUT2D eigenvalue weighted by atomic mass is 10.0. The van der Waals surface area contributed by atoms with Crippen molar-refractivity contribution in [3.8, 4) is 0 Å². The van der Waals surface area contributed by atoms with Gasteiger partial charge in [0.1, 0.15) is 0 Å². The van der Waals surface area contributed by atoms with Gasteiger partial charge in [0.05, 0.1) is 18.8 Å². The van der Waals surface area contributed by atoms with E-state index in [2.05, 4.69) is 43.5 Å². The van der Waals surface area contributed by atoms with Crippen LogP contribution in [0.3, 0.4) is 0 Å². The van der Waals surface area contributed by atoms with Crippen LogP contribution in [-0.2, 0) is 4.79 Å². The highest BCUT2D eigenvalue weighted by Gasteiger charge is 2.20. The third-order valence-electron chi connectivity index (χ3n) is 14.5. The molecule has 0 bridgehead atoms. The molecule has 0 aromatic heterocycles. The first-order valence-corrected chi connectivity index (χ1v) is 30.5. The average molecular weight is 929 g/mol. The van der Waals surface area contributed by atoms with Gasteiger partial charge in [-0.15, -0.1) is 0 Å². The molecule has 0 aromatic rings. The molecule has 0 spiro atoms. The topological polar surface area (TPSA) is 69.6 Å². The van der Waals surface area contributed by atoms with Crippen LogP contribution in [0.4, 0.5) is 0 Å². The second-order valence-corrected chi connectivity index (χ2v) is 21.1. The Hall–Kier alpha value is -1.13. The number of amides is 1. The highest BCUT2D eigenvalue weighted by molar-refractivity contribution is 5.76. The Kier molecular flexibility index (Phi) is 57.2. The minimum Gasteiger partial charge on any atom is -0.394 e. The van der Waals surface area contributed by atoms with Crippen molar-refractivity contribution in [2.75, 3.05) is 6.61 Å². The monoisotopic (exact) mass is 928 g/mol. The van der Waals surface area contributed by atoms with Gasteiger partial charge in [-0.3, -0.25) is 4.79 Å². The molecule has 0 fully saturated rings. The van der Waals surface area contributed by atoms with Gasteiger partial charge in [0.2, 0.25) is 5.91 Å². The first-order valence-electron chi connectivity index (χ1n) is 30.5. The van der Waals surface area contributed by atoms with Crippen molar-refractivity contribution in [1.29, 1.82) is 0 Å². The molecule has 0 aliphatic heterocycles. The van der Waals surface area contributed by atoms with Crippen LogP contribution in [0.5, 0.6) is 0 Å². The Labute approximate surface area is 415 Å². The molecule has 0 radical (unpaired) electrons. The molecule has 2 unspecified atom stereocenters. The summed E-state index contributed by atoms with van der Waals surface area (Å²) in [5, 5.41) is 23.4. The molecule has 3 N–H and O–H groups in total. The third-order valence-corrected chi connectivity index (χ3v) is 14.5. The van der Waals surface area contributed by atoms with E-state index in [1.807, 2.05) is 0 Å². The summed E-state index contributed by atoms with van der Waals surface area (Å²) in [5.74, 6) is -0.0235. The number of aliphatic hydroxyl groups is 2. The predicted octanol–water partition coefficient (Wildman–Crippen LogP) is 20.3. The summed E-state index contributed by atoms with van der Waals surface area (Å²) in [6, 6.07) is -0.534. The van der Waals surface area contributed by atoms with Gasteiger partial charge in [-0.2, -0.15) is 0 Å². The van der Waals surface area contributed by atoms with Gasteiger partial charge in [-0.25, -0.2) is 0 Å². The quantitative estimate of drug-likeness (QED) is 0.0420. The van der Waals surface area contributed by atoms with Crippen LogP contribution < -0.4 is 5.32 Å². The van der Waals surface area contributed by atoms with Crippen molar-refractivity contribution in [3.05, 3.63) is 24.3 Å². The van der Waals surface area contributed by atoms with E-state index < -0.39 is 12.1 Å². The number of allylic oxidation sites excluding steroid dienone is 4. The molecule has 1 amide bonds. The van der Waals surface area contributed by atoms with Crippen molar-refractivity contribution in [1.82, 2.24) is 5.32 Å². The van der Waals surface area contributed by atoms with Gasteiger partial charge < -0.3 is 15.5 Å². The number of carbonyl (C=O) groups is 1. The first-order chi connectivity index (χ1) is 32.7. The lowest BCUT2D eigenvalue weighted by molar-refractivity contribution is -0.123. The molecule has 0 saturated heterocycles. The summed E-state index contributed by atoms with van der Waals surface area (Å²) >= 11 is 0. The van der Waals surface area contributed by atoms with Crippen molar-refractivity contribution in [2.24, 2.45) is 0 Å². The number of nitrogens with one attached hydrogen (secondary N) is 1. The van der Waals surface area contributed by atoms with Gasteiger partial charge >= 0.3 is 0 Å². The van der Waals surface area contributed by atoms with E-state index in [0.29, 0.717) is 12.8 Å². The molecule has 0 heterocycles. The molecular formula is C62H121NO3. The standard InChI is InChI=1S/C62H121NO3/c1-3-5-7-9-11-13-15-17-19-21-23-25-26-27-28-29-30-31-32-33-34-35-36-38-40-42-44-46-48-50-52-54-56-58-62(66)63-60(59-64)61(65)57-55-53-51-49-47-45-43-41-39-37-24-22-20-18-16-14-12-10-8-6-4-2/h15,17,21,23,60-61,64-65H,3-14,16,18-20,22,24-59H2,1-2H3,(H,63,66)/b17-15-,23-21-. The number of aliphatic hydroxyl groups excluding tert-OH is 2. The number of unbranched alkanes of at least 4 members (excludes halogenated alkanes) is 46. The zero-order valence-corrected chi connectivity index (χ0v) is 45.2. The Balaban J connectivity index is 3.39. The minimum absolute atomic E-state index is 0.0235. The van der Waals surface area contributed by atoms with Crippen LogP contribution in [0.1, 0.15) is 348 Å². The predicted molar refractivity (Wildman–Crippen MR) is 295 cm³/mol. The van der Waals surface area contributed by atoms with E-state index in [4.69, 9.17) is 0 Å². The molecule has 66 heavy (non-hydrogen) atoms. The fourth-order valence-corrected chi connectivity index (χ4v) is 9.81. The lowest BCUT2D eigenvalue weighted by Gasteiger charge is -2.22. The van der Waals surface area contributed by atoms with E-state index in [0.717, 1.165) is 32.1 Å². The largest absolute Gasteiger partial charge is 0.394 e. The smallest absolute Gasteiger partial charge is 0.220 e. The summed E-state index contributed by atoms with van der Waals surface area (Å²) < 4.78 is 0. The Morgan fingerprint density at radius 3 is 0.909 bits per heavy atom. The molecule has 4 nitrogen and oxygen atoms in total. The zero-order chi connectivity index (χ0) is 47.7. The number of carbonyl (C=O) groups excluding carboxylic acids is 1. The summed E-state index contributed by atoms with van der Waals surface area (Å²) in [6.45, 7) is 4.39.